The second-order valence-electron chi connectivity index (χ2n) is 30.2. The summed E-state index contributed by atoms with van der Waals surface area (Å²) in [4.78, 5) is 3.14. The third-order valence-electron chi connectivity index (χ3n) is 19.5. The number of hydrogen-bond donors (Lipinski definition) is 2. The third kappa shape index (κ3) is 25.1. The van der Waals surface area contributed by atoms with Crippen LogP contribution in [-0.2, 0) is 10.8 Å². The van der Waals surface area contributed by atoms with Gasteiger partial charge in [0.15, 0.2) is 29.1 Å². The van der Waals surface area contributed by atoms with Gasteiger partial charge in [0.2, 0.25) is 0 Å². The first kappa shape index (κ1) is 86.4. The average molecular weight is 1560 g/mol. The Morgan fingerprint density at radius 1 is 0.378 bits per heavy atom. The molecule has 4 nitrogen and oxygen atoms in total. The van der Waals surface area contributed by atoms with Gasteiger partial charge in [0.25, 0.3) is 0 Å². The van der Waals surface area contributed by atoms with Crippen molar-refractivity contribution in [2.45, 2.75) is 167 Å². The Morgan fingerprint density at radius 2 is 0.622 bits per heavy atom. The molecule has 536 valence electrons. The molecule has 0 aliphatic heterocycles. The lowest BCUT2D eigenvalue weighted by atomic mass is 9.70. The summed E-state index contributed by atoms with van der Waals surface area (Å²) in [6.07, 6.45) is 26.4. The van der Waals surface area contributed by atoms with E-state index in [0.29, 0.717) is 0 Å². The second kappa shape index (κ2) is 40.7. The summed E-state index contributed by atoms with van der Waals surface area (Å²) in [5.74, 6) is -10.3. The van der Waals surface area contributed by atoms with E-state index in [9.17, 15) is 26.1 Å². The largest absolute Gasteiger partial charge is 1.00 e. The standard InChI is InChI=1S/C39H58N2.C37H52N2.C6BF5.BBrFH3P.2BrH/c1-31-17-20-33(21-18-31)34-22-24-36-35-23-19-32(2)29-37(35)39(38(36)30-34,25-13-9-11-15-27-40(3,4)5)26-14-10-12-16-28-41(6,7)8;1-29-15-18-31(19-16-29)32-20-22-34-33-21-17-30(2)27-35(33)37(36(34)28-32,23-11-7-9-13-25-38(3)4)24-12-8-10-14-26-39(5)6;7-1-2(8)4(10)6(12)5(11)3(1)9;1-4(2)3;;/h17-24,29-30H,9-16,25-28H2,1-8H3;15-22,27-28H,7-14,23-26H2,1-6H3;;1H3;2*1H/q+2;;;-1;;. The third-order valence-corrected chi connectivity index (χ3v) is 19.5. The first-order valence-electron chi connectivity index (χ1n) is 35.1. The number of fused-ring (bicyclic) bond motifs is 6. The topological polar surface area (TPSA) is 8.88 Å². The highest BCUT2D eigenvalue weighted by molar-refractivity contribution is 9.41. The van der Waals surface area contributed by atoms with Crippen LogP contribution in [0.1, 0.15) is 173 Å². The van der Waals surface area contributed by atoms with Gasteiger partial charge in [0.1, 0.15) is 7.85 Å². The van der Waals surface area contributed by atoms with Gasteiger partial charge in [-0.25, -0.2) is 22.0 Å². The monoisotopic (exact) mass is 1560 g/mol. The molecule has 7 aromatic rings. The Bertz CT molecular complexity index is 3420. The maximum absolute atomic E-state index is 12.3. The van der Waals surface area contributed by atoms with E-state index in [2.05, 4.69) is 243 Å². The van der Waals surface area contributed by atoms with Crippen LogP contribution in [-0.4, -0.2) is 121 Å². The van der Waals surface area contributed by atoms with E-state index in [4.69, 9.17) is 0 Å². The Labute approximate surface area is 620 Å². The van der Waals surface area contributed by atoms with Crippen LogP contribution in [0.2, 0.25) is 0 Å². The fourth-order valence-corrected chi connectivity index (χ4v) is 14.3. The minimum atomic E-state index is -2.21. The Hall–Kier alpha value is -4.04. The molecule has 1 atom stereocenters. The van der Waals surface area contributed by atoms with E-state index in [1.54, 1.807) is 32.1 Å². The molecule has 0 saturated carbocycles. The molecule has 2 radical (unpaired) electrons. The Morgan fingerprint density at radius 3 is 0.918 bits per heavy atom. The molecular formula is C82H115B2Br3F6N4P+. The van der Waals surface area contributed by atoms with Gasteiger partial charge in [0, 0.05) is 18.4 Å². The van der Waals surface area contributed by atoms with Gasteiger partial charge in [-0.1, -0.05) is 198 Å². The first-order chi connectivity index (χ1) is 45.4. The molecule has 7 aromatic carbocycles. The predicted octanol–water partition coefficient (Wildman–Crippen LogP) is 12.1. The van der Waals surface area contributed by atoms with Crippen molar-refractivity contribution < 1.29 is 78.9 Å². The molecule has 2 N–H and O–H groups in total. The van der Waals surface area contributed by atoms with Gasteiger partial charge in [-0.15, -0.1) is 0 Å². The highest BCUT2D eigenvalue weighted by Gasteiger charge is 2.44. The van der Waals surface area contributed by atoms with Crippen LogP contribution in [0.5, 0.6) is 0 Å². The smallest absolute Gasteiger partial charge is 0.200 e. The second-order valence-corrected chi connectivity index (χ2v) is 31.1. The van der Waals surface area contributed by atoms with E-state index in [1.165, 1.54) is 221 Å². The van der Waals surface area contributed by atoms with Gasteiger partial charge < -0.3 is 52.7 Å². The SMILES string of the molecule is Cc1ccc(-c2ccc3c(c2)C(CCCCCC[N+](C)(C)C)(CCCCCC[N+](C)(C)C)c2cc(C)ccc2-3)cc1.Cc1ccc(-c2ccc3c(c2)C(CCCCCC[NH+](C)C)(CCCCCC[NH+](C)C)c2cc(C)ccc2-3)cc1.[BH3-]P(F)Br.[B]c1c(F)c(F)c(F)c(F)c1F.[Br-].[Br-]. The summed E-state index contributed by atoms with van der Waals surface area (Å²) in [5.41, 5.74) is 22.0. The highest BCUT2D eigenvalue weighted by atomic mass is 79.9. The van der Waals surface area contributed by atoms with Crippen molar-refractivity contribution in [2.75, 3.05) is 96.7 Å². The molecule has 0 spiro atoms. The molecule has 2 aliphatic carbocycles. The van der Waals surface area contributed by atoms with E-state index in [0.717, 1.165) is 8.97 Å². The number of nitrogens with zero attached hydrogens (tertiary/aromatic N) is 2. The maximum atomic E-state index is 12.3. The highest BCUT2D eigenvalue weighted by Crippen LogP contribution is 2.57. The number of quaternary nitrogens is 4. The predicted molar refractivity (Wildman–Crippen MR) is 407 cm³/mol. The molecule has 0 saturated heterocycles. The molecule has 0 bridgehead atoms. The zero-order valence-corrected chi connectivity index (χ0v) is 66.5. The zero-order valence-electron chi connectivity index (χ0n) is 60.8. The van der Waals surface area contributed by atoms with Crippen LogP contribution in [0.4, 0.5) is 26.1 Å². The summed E-state index contributed by atoms with van der Waals surface area (Å²) >= 11 is 2.78. The van der Waals surface area contributed by atoms with Crippen molar-refractivity contribution in [3.05, 3.63) is 195 Å². The van der Waals surface area contributed by atoms with Gasteiger partial charge in [0.05, 0.1) is 96.7 Å². The van der Waals surface area contributed by atoms with Crippen LogP contribution in [0.3, 0.4) is 0 Å². The molecule has 0 fully saturated rings. The van der Waals surface area contributed by atoms with Crippen molar-refractivity contribution in [3.63, 3.8) is 0 Å². The number of rotatable bonds is 30. The van der Waals surface area contributed by atoms with Crippen LogP contribution in [0.25, 0.3) is 44.5 Å². The summed E-state index contributed by atoms with van der Waals surface area (Å²) in [6.45, 7) is 13.0. The van der Waals surface area contributed by atoms with E-state index in [1.807, 2.05) is 0 Å². The number of benzene rings is 7. The lowest BCUT2D eigenvalue weighted by Gasteiger charge is -2.33. The molecule has 2 aliphatic rings. The lowest BCUT2D eigenvalue weighted by molar-refractivity contribution is -0.870. The molecule has 0 heterocycles. The fraction of sp³-hybridized carbons (Fsp3) is 0.488. The normalized spacial score (nSPS) is 13.3. The minimum absolute atomic E-state index is 0. The van der Waals surface area contributed by atoms with E-state index in [-0.39, 0.29) is 52.4 Å². The molecular weight excluding hydrogens is 1450 g/mol. The molecule has 16 heteroatoms. The lowest BCUT2D eigenvalue weighted by Crippen LogP contribution is -3.05. The van der Waals surface area contributed by atoms with Crippen LogP contribution in [0, 0.1) is 56.8 Å². The summed E-state index contributed by atoms with van der Waals surface area (Å²) < 4.78 is 74.3. The summed E-state index contributed by atoms with van der Waals surface area (Å²) in [7, 11) is 27.5. The molecule has 1 unspecified atom stereocenters. The molecule has 0 aromatic heterocycles. The Balaban J connectivity index is 0.000000334. The van der Waals surface area contributed by atoms with Crippen molar-refractivity contribution in [3.8, 4) is 44.5 Å². The summed E-state index contributed by atoms with van der Waals surface area (Å²) in [6, 6.07) is 47.5. The van der Waals surface area contributed by atoms with Crippen LogP contribution in [0.15, 0.2) is 121 Å². The van der Waals surface area contributed by atoms with Gasteiger partial charge >= 0.3 is 0 Å². The summed E-state index contributed by atoms with van der Waals surface area (Å²) in [5, 5.41) is 0. The molecule has 0 amide bonds. The maximum Gasteiger partial charge on any atom is 0.200 e. The van der Waals surface area contributed by atoms with Gasteiger partial charge in [-0.2, -0.15) is 0 Å². The molecule has 98 heavy (non-hydrogen) atoms. The number of halogens is 9. The quantitative estimate of drug-likeness (QED) is 0.00845. The number of aryl methyl sites for hydroxylation is 4. The Kier molecular flexibility index (Phi) is 35.9. The number of nitrogens with one attached hydrogen (secondary N) is 2. The van der Waals surface area contributed by atoms with Crippen molar-refractivity contribution in [1.82, 2.24) is 0 Å². The van der Waals surface area contributed by atoms with Crippen LogP contribution >= 0.6 is 22.3 Å². The van der Waals surface area contributed by atoms with E-state index >= 15 is 0 Å². The minimum Gasteiger partial charge on any atom is -1.00 e. The van der Waals surface area contributed by atoms with Gasteiger partial charge in [-0.3, -0.25) is 4.20 Å². The average Bonchev–Trinajstić information content (AvgIpc) is 1.57. The molecule has 9 rings (SSSR count). The van der Waals surface area contributed by atoms with Crippen LogP contribution < -0.4 is 49.2 Å². The number of unbranched alkanes of at least 4 members (excludes halogenated alkanes) is 12. The number of hydrogen-bond acceptors (Lipinski definition) is 0. The fourth-order valence-electron chi connectivity index (χ4n) is 14.3. The van der Waals surface area contributed by atoms with Crippen molar-refractivity contribution >= 4 is 43.2 Å². The van der Waals surface area contributed by atoms with Crippen molar-refractivity contribution in [2.24, 2.45) is 0 Å². The zero-order chi connectivity index (χ0) is 70.5. The van der Waals surface area contributed by atoms with Gasteiger partial charge in [-0.05, 0) is 196 Å². The van der Waals surface area contributed by atoms with E-state index < -0.39 is 41.4 Å². The van der Waals surface area contributed by atoms with Crippen molar-refractivity contribution in [1.29, 1.82) is 0 Å². The first-order valence-corrected chi connectivity index (χ1v) is 37.9.